The van der Waals surface area contributed by atoms with Crippen molar-refractivity contribution in [2.75, 3.05) is 0 Å². The van der Waals surface area contributed by atoms with Gasteiger partial charge in [-0.05, 0) is 62.4 Å². The molecule has 1 aliphatic rings. The maximum Gasteiger partial charge on any atom is 0.159 e. The largest absolute Gasteiger partial charge is 0.342 e. The second-order valence-electron chi connectivity index (χ2n) is 8.71. The minimum atomic E-state index is -0.773. The molecule has 1 N–H and O–H groups in total. The fourth-order valence-corrected chi connectivity index (χ4v) is 4.78. The van der Waals surface area contributed by atoms with Crippen molar-refractivity contribution in [2.24, 2.45) is 0 Å². The molecule has 0 bridgehead atoms. The Morgan fingerprint density at radius 3 is 2.47 bits per heavy atom. The Bertz CT molecular complexity index is 973. The quantitative estimate of drug-likeness (QED) is 0.560. The van der Waals surface area contributed by atoms with Gasteiger partial charge in [-0.15, -0.1) is 0 Å². The molecule has 3 aromatic rings. The van der Waals surface area contributed by atoms with Gasteiger partial charge in [0, 0.05) is 18.3 Å². The van der Waals surface area contributed by atoms with E-state index in [0.29, 0.717) is 6.04 Å². The minimum absolute atomic E-state index is 0.564. The van der Waals surface area contributed by atoms with Gasteiger partial charge < -0.3 is 9.47 Å². The summed E-state index contributed by atoms with van der Waals surface area (Å²) in [4.78, 5) is 1.45. The van der Waals surface area contributed by atoms with Gasteiger partial charge in [0.2, 0.25) is 0 Å². The second-order valence-corrected chi connectivity index (χ2v) is 8.71. The summed E-state index contributed by atoms with van der Waals surface area (Å²) in [6.07, 6.45) is 8.38. The van der Waals surface area contributed by atoms with Crippen molar-refractivity contribution in [2.45, 2.75) is 64.7 Å². The molecule has 0 aliphatic heterocycles. The van der Waals surface area contributed by atoms with Crippen molar-refractivity contribution in [1.82, 2.24) is 4.57 Å². The molecule has 2 nitrogen and oxygen atoms in total. The third kappa shape index (κ3) is 5.17. The number of nitrogens with one attached hydrogen (secondary N) is 1. The lowest BCUT2D eigenvalue weighted by atomic mass is 9.93. The zero-order chi connectivity index (χ0) is 20.9. The molecule has 158 valence electrons. The maximum atomic E-state index is 13.8. The van der Waals surface area contributed by atoms with E-state index < -0.39 is 11.6 Å². The third-order valence-corrected chi connectivity index (χ3v) is 6.36. The molecular weight excluding hydrogens is 378 g/mol. The average molecular weight is 410 g/mol. The Kier molecular flexibility index (Phi) is 6.63. The Morgan fingerprint density at radius 1 is 0.867 bits per heavy atom. The smallest absolute Gasteiger partial charge is 0.159 e. The highest BCUT2D eigenvalue weighted by molar-refractivity contribution is 5.23. The molecule has 0 saturated heterocycles. The van der Waals surface area contributed by atoms with Crippen molar-refractivity contribution < 1.29 is 13.7 Å². The fourth-order valence-electron chi connectivity index (χ4n) is 4.78. The maximum absolute atomic E-state index is 13.8. The second kappa shape index (κ2) is 9.57. The molecular formula is C26H31F2N2+. The molecule has 4 heteroatoms. The monoisotopic (exact) mass is 409 g/mol. The summed E-state index contributed by atoms with van der Waals surface area (Å²) < 4.78 is 29.5. The lowest BCUT2D eigenvalue weighted by Crippen LogP contribution is -3.13. The molecule has 1 saturated carbocycles. The summed E-state index contributed by atoms with van der Waals surface area (Å²) in [5, 5.41) is 0. The van der Waals surface area contributed by atoms with Gasteiger partial charge in [0.15, 0.2) is 11.6 Å². The number of aromatic nitrogens is 1. The van der Waals surface area contributed by atoms with Crippen molar-refractivity contribution >= 4 is 0 Å². The van der Waals surface area contributed by atoms with Gasteiger partial charge in [0.25, 0.3) is 0 Å². The van der Waals surface area contributed by atoms with Crippen LogP contribution in [0.5, 0.6) is 0 Å². The van der Waals surface area contributed by atoms with Crippen molar-refractivity contribution in [3.05, 3.63) is 94.8 Å². The number of aryl methyl sites for hydroxylation is 1. The molecule has 1 unspecified atom stereocenters. The lowest BCUT2D eigenvalue weighted by molar-refractivity contribution is -0.953. The van der Waals surface area contributed by atoms with Crippen LogP contribution < -0.4 is 4.90 Å². The predicted molar refractivity (Wildman–Crippen MR) is 116 cm³/mol. The number of quaternary nitrogens is 1. The van der Waals surface area contributed by atoms with E-state index in [-0.39, 0.29) is 0 Å². The van der Waals surface area contributed by atoms with E-state index >= 15 is 0 Å². The zero-order valence-corrected chi connectivity index (χ0v) is 17.7. The number of halogens is 2. The van der Waals surface area contributed by atoms with Gasteiger partial charge in [-0.3, -0.25) is 0 Å². The van der Waals surface area contributed by atoms with Crippen LogP contribution in [0.1, 0.15) is 54.5 Å². The molecule has 30 heavy (non-hydrogen) atoms. The first-order chi connectivity index (χ1) is 14.6. The van der Waals surface area contributed by atoms with E-state index in [1.807, 2.05) is 0 Å². The Morgan fingerprint density at radius 2 is 1.70 bits per heavy atom. The fraction of sp³-hybridized carbons (Fsp3) is 0.385. The topological polar surface area (TPSA) is 9.37 Å². The van der Waals surface area contributed by atoms with Gasteiger partial charge in [-0.1, -0.05) is 42.3 Å². The minimum Gasteiger partial charge on any atom is -0.342 e. The lowest BCUT2D eigenvalue weighted by Gasteiger charge is -2.32. The van der Waals surface area contributed by atoms with Crippen LogP contribution in [0.2, 0.25) is 0 Å². The molecule has 0 spiro atoms. The summed E-state index contributed by atoms with van der Waals surface area (Å²) in [6.45, 7) is 4.59. The molecule has 1 aliphatic carbocycles. The third-order valence-electron chi connectivity index (χ3n) is 6.36. The number of hydrogen-bond donors (Lipinski definition) is 1. The molecule has 0 radical (unpaired) electrons. The normalized spacial score (nSPS) is 16.0. The zero-order valence-electron chi connectivity index (χ0n) is 17.7. The van der Waals surface area contributed by atoms with Crippen LogP contribution in [0.25, 0.3) is 0 Å². The Hall–Kier alpha value is -2.46. The molecule has 1 fully saturated rings. The van der Waals surface area contributed by atoms with E-state index in [9.17, 15) is 8.78 Å². The van der Waals surface area contributed by atoms with Crippen LogP contribution in [0, 0.1) is 18.6 Å². The Labute approximate surface area is 178 Å². The van der Waals surface area contributed by atoms with Gasteiger partial charge in [-0.25, -0.2) is 8.78 Å². The van der Waals surface area contributed by atoms with Crippen LogP contribution in [0.3, 0.4) is 0 Å². The first kappa shape index (κ1) is 20.8. The summed E-state index contributed by atoms with van der Waals surface area (Å²) >= 11 is 0. The van der Waals surface area contributed by atoms with Crippen LogP contribution in [-0.4, -0.2) is 10.6 Å². The van der Waals surface area contributed by atoms with Gasteiger partial charge >= 0.3 is 0 Å². The van der Waals surface area contributed by atoms with E-state index in [4.69, 9.17) is 0 Å². The number of hydrogen-bond acceptors (Lipinski definition) is 0. The van der Waals surface area contributed by atoms with Crippen LogP contribution >= 0.6 is 0 Å². The first-order valence-electron chi connectivity index (χ1n) is 11.1. The summed E-state index contributed by atoms with van der Waals surface area (Å²) in [6, 6.07) is 17.9. The van der Waals surface area contributed by atoms with Crippen molar-refractivity contribution in [3.63, 3.8) is 0 Å². The number of rotatable bonds is 7. The SMILES string of the molecule is Cc1cccc(Cn2cccc2C[NH+](Cc2ccc(F)c(F)c2)C2CCCCC2)c1. The highest BCUT2D eigenvalue weighted by atomic mass is 19.2. The van der Waals surface area contributed by atoms with Crippen LogP contribution in [-0.2, 0) is 19.6 Å². The van der Waals surface area contributed by atoms with E-state index in [1.165, 1.54) is 66.0 Å². The molecule has 1 aromatic heterocycles. The standard InChI is InChI=1S/C26H30F2N2/c1-20-7-5-8-21(15-20)17-29-14-6-11-24(29)19-30(23-9-3-2-4-10-23)18-22-12-13-25(27)26(28)16-22/h5-8,11-16,23H,2-4,9-10,17-19H2,1H3/p+1. The average Bonchev–Trinajstić information content (AvgIpc) is 3.17. The molecule has 4 rings (SSSR count). The molecule has 0 amide bonds. The molecule has 1 heterocycles. The number of benzene rings is 2. The number of nitrogens with zero attached hydrogens (tertiary/aromatic N) is 1. The van der Waals surface area contributed by atoms with E-state index in [1.54, 1.807) is 6.07 Å². The first-order valence-corrected chi connectivity index (χ1v) is 11.1. The summed E-state index contributed by atoms with van der Waals surface area (Å²) in [5.74, 6) is -1.52. The van der Waals surface area contributed by atoms with E-state index in [2.05, 4.69) is 54.1 Å². The summed E-state index contributed by atoms with van der Waals surface area (Å²) in [5.41, 5.74) is 4.73. The molecule has 1 atom stereocenters. The van der Waals surface area contributed by atoms with Crippen molar-refractivity contribution in [1.29, 1.82) is 0 Å². The highest BCUT2D eigenvalue weighted by Crippen LogP contribution is 2.17. The summed E-state index contributed by atoms with van der Waals surface area (Å²) in [7, 11) is 0. The van der Waals surface area contributed by atoms with Crippen molar-refractivity contribution in [3.8, 4) is 0 Å². The van der Waals surface area contributed by atoms with Gasteiger partial charge in [-0.2, -0.15) is 0 Å². The van der Waals surface area contributed by atoms with E-state index in [0.717, 1.165) is 25.2 Å². The predicted octanol–water partition coefficient (Wildman–Crippen LogP) is 5.04. The molecule has 2 aromatic carbocycles. The van der Waals surface area contributed by atoms with Gasteiger partial charge in [0.05, 0.1) is 11.7 Å². The van der Waals surface area contributed by atoms with Crippen LogP contribution in [0.4, 0.5) is 8.78 Å². The highest BCUT2D eigenvalue weighted by Gasteiger charge is 2.26. The van der Waals surface area contributed by atoms with Crippen LogP contribution in [0.15, 0.2) is 60.8 Å². The Balaban J connectivity index is 1.54. The van der Waals surface area contributed by atoms with Gasteiger partial charge in [0.1, 0.15) is 13.1 Å².